The lowest BCUT2D eigenvalue weighted by atomic mass is 10.1. The predicted octanol–water partition coefficient (Wildman–Crippen LogP) is 2.84. The Kier molecular flexibility index (Phi) is 10.3. The van der Waals surface area contributed by atoms with Gasteiger partial charge in [-0.2, -0.15) is 0 Å². The lowest BCUT2D eigenvalue weighted by molar-refractivity contribution is -0.119. The lowest BCUT2D eigenvalue weighted by Crippen LogP contribution is -2.41. The van der Waals surface area contributed by atoms with Crippen molar-refractivity contribution >= 4 is 5.78 Å². The molecule has 0 saturated heterocycles. The van der Waals surface area contributed by atoms with Gasteiger partial charge in [-0.3, -0.25) is 9.69 Å². The van der Waals surface area contributed by atoms with Crippen LogP contribution in [-0.4, -0.2) is 42.4 Å². The molecule has 0 heterocycles. The summed E-state index contributed by atoms with van der Waals surface area (Å²) in [5, 5.41) is 3.43. The second kappa shape index (κ2) is 10.5. The lowest BCUT2D eigenvalue weighted by Gasteiger charge is -2.30. The van der Waals surface area contributed by atoms with Crippen LogP contribution in [-0.2, 0) is 4.79 Å². The van der Waals surface area contributed by atoms with E-state index in [-0.39, 0.29) is 0 Å². The number of hydrogen-bond acceptors (Lipinski definition) is 3. The van der Waals surface area contributed by atoms with Gasteiger partial charge in [0.05, 0.1) is 0 Å². The van der Waals surface area contributed by atoms with Gasteiger partial charge in [0.1, 0.15) is 5.78 Å². The SMILES string of the molecule is CCCC(=O)CCCNCCN(C(C)C)C(C)C. The topological polar surface area (TPSA) is 32.3 Å². The highest BCUT2D eigenvalue weighted by Gasteiger charge is 2.11. The summed E-state index contributed by atoms with van der Waals surface area (Å²) in [6.07, 6.45) is 3.43. The molecule has 0 unspecified atom stereocenters. The number of nitrogens with zero attached hydrogens (tertiary/aromatic N) is 1. The Morgan fingerprint density at radius 1 is 1.06 bits per heavy atom. The van der Waals surface area contributed by atoms with E-state index in [1.807, 2.05) is 0 Å². The van der Waals surface area contributed by atoms with E-state index >= 15 is 0 Å². The van der Waals surface area contributed by atoms with Crippen LogP contribution < -0.4 is 5.32 Å². The summed E-state index contributed by atoms with van der Waals surface area (Å²) in [6.45, 7) is 14.1. The fourth-order valence-corrected chi connectivity index (χ4v) is 2.26. The number of nitrogens with one attached hydrogen (secondary N) is 1. The summed E-state index contributed by atoms with van der Waals surface area (Å²) in [5.74, 6) is 0.408. The van der Waals surface area contributed by atoms with Gasteiger partial charge in [-0.05, 0) is 47.1 Å². The zero-order valence-electron chi connectivity index (χ0n) is 13.0. The standard InChI is InChI=1S/C15H32N2O/c1-6-8-15(18)9-7-10-16-11-12-17(13(2)3)14(4)5/h13-14,16H,6-12H2,1-5H3. The van der Waals surface area contributed by atoms with Crippen molar-refractivity contribution in [3.05, 3.63) is 0 Å². The van der Waals surface area contributed by atoms with Crippen LogP contribution in [0.5, 0.6) is 0 Å². The van der Waals surface area contributed by atoms with E-state index in [9.17, 15) is 4.79 Å². The first-order valence-electron chi connectivity index (χ1n) is 7.47. The molecule has 0 aliphatic heterocycles. The molecule has 0 aromatic rings. The summed E-state index contributed by atoms with van der Waals surface area (Å²) in [5.41, 5.74) is 0. The Bertz CT molecular complexity index is 207. The number of carbonyl (C=O) groups is 1. The van der Waals surface area contributed by atoms with Crippen LogP contribution in [0.15, 0.2) is 0 Å². The van der Waals surface area contributed by atoms with E-state index in [1.54, 1.807) is 0 Å². The number of rotatable bonds is 11. The Labute approximate surface area is 113 Å². The molecule has 0 rings (SSSR count). The van der Waals surface area contributed by atoms with Gasteiger partial charge in [0.15, 0.2) is 0 Å². The van der Waals surface area contributed by atoms with E-state index in [4.69, 9.17) is 0 Å². The molecule has 108 valence electrons. The maximum atomic E-state index is 11.3. The Balaban J connectivity index is 3.52. The normalized spacial score (nSPS) is 11.8. The first kappa shape index (κ1) is 17.6. The summed E-state index contributed by atoms with van der Waals surface area (Å²) >= 11 is 0. The summed E-state index contributed by atoms with van der Waals surface area (Å²) in [7, 11) is 0. The number of Topliss-reactive ketones (excluding diaryl/α,β-unsaturated/α-hetero) is 1. The molecule has 0 aromatic heterocycles. The molecule has 3 heteroatoms. The average molecular weight is 256 g/mol. The Morgan fingerprint density at radius 2 is 1.67 bits per heavy atom. The molecule has 0 amide bonds. The minimum absolute atomic E-state index is 0.408. The first-order valence-corrected chi connectivity index (χ1v) is 7.47. The van der Waals surface area contributed by atoms with Crippen molar-refractivity contribution in [3.63, 3.8) is 0 Å². The van der Waals surface area contributed by atoms with Gasteiger partial charge < -0.3 is 5.32 Å². The number of hydrogen-bond donors (Lipinski definition) is 1. The van der Waals surface area contributed by atoms with Crippen molar-refractivity contribution in [2.24, 2.45) is 0 Å². The minimum atomic E-state index is 0.408. The minimum Gasteiger partial charge on any atom is -0.315 e. The summed E-state index contributed by atoms with van der Waals surface area (Å²) in [4.78, 5) is 13.8. The van der Waals surface area contributed by atoms with Crippen LogP contribution in [0.3, 0.4) is 0 Å². The maximum absolute atomic E-state index is 11.3. The molecule has 0 bridgehead atoms. The van der Waals surface area contributed by atoms with Crippen LogP contribution in [0.4, 0.5) is 0 Å². The molecule has 0 aromatic carbocycles. The Hall–Kier alpha value is -0.410. The molecule has 0 saturated carbocycles. The second-order valence-electron chi connectivity index (χ2n) is 5.57. The van der Waals surface area contributed by atoms with E-state index < -0.39 is 0 Å². The maximum Gasteiger partial charge on any atom is 0.132 e. The summed E-state index contributed by atoms with van der Waals surface area (Å²) in [6, 6.07) is 1.19. The molecule has 0 spiro atoms. The van der Waals surface area contributed by atoms with Crippen molar-refractivity contribution in [3.8, 4) is 0 Å². The van der Waals surface area contributed by atoms with Crippen molar-refractivity contribution in [1.82, 2.24) is 10.2 Å². The monoisotopic (exact) mass is 256 g/mol. The molecule has 0 fully saturated rings. The predicted molar refractivity (Wildman–Crippen MR) is 79.0 cm³/mol. The zero-order chi connectivity index (χ0) is 14.0. The third kappa shape index (κ3) is 8.65. The smallest absolute Gasteiger partial charge is 0.132 e. The zero-order valence-corrected chi connectivity index (χ0v) is 13.0. The molecule has 0 radical (unpaired) electrons. The van der Waals surface area contributed by atoms with Crippen LogP contribution in [0.1, 0.15) is 60.3 Å². The van der Waals surface area contributed by atoms with Crippen LogP contribution in [0.25, 0.3) is 0 Å². The molecule has 18 heavy (non-hydrogen) atoms. The van der Waals surface area contributed by atoms with Crippen LogP contribution in [0.2, 0.25) is 0 Å². The molecular weight excluding hydrogens is 224 g/mol. The molecule has 3 nitrogen and oxygen atoms in total. The fourth-order valence-electron chi connectivity index (χ4n) is 2.26. The van der Waals surface area contributed by atoms with E-state index in [1.165, 1.54) is 0 Å². The molecular formula is C15H32N2O. The fraction of sp³-hybridized carbons (Fsp3) is 0.933. The van der Waals surface area contributed by atoms with Crippen molar-refractivity contribution < 1.29 is 4.79 Å². The molecule has 1 N–H and O–H groups in total. The van der Waals surface area contributed by atoms with Gasteiger partial charge in [0, 0.05) is 38.0 Å². The quantitative estimate of drug-likeness (QED) is 0.577. The van der Waals surface area contributed by atoms with Crippen molar-refractivity contribution in [1.29, 1.82) is 0 Å². The molecule has 0 aliphatic rings. The van der Waals surface area contributed by atoms with Gasteiger partial charge in [-0.15, -0.1) is 0 Å². The average Bonchev–Trinajstić information content (AvgIpc) is 2.27. The van der Waals surface area contributed by atoms with Gasteiger partial charge in [0.2, 0.25) is 0 Å². The van der Waals surface area contributed by atoms with E-state index in [0.717, 1.165) is 45.3 Å². The largest absolute Gasteiger partial charge is 0.315 e. The van der Waals surface area contributed by atoms with E-state index in [0.29, 0.717) is 17.9 Å². The Morgan fingerprint density at radius 3 is 2.17 bits per heavy atom. The number of carbonyl (C=O) groups excluding carboxylic acids is 1. The van der Waals surface area contributed by atoms with Gasteiger partial charge in [-0.25, -0.2) is 0 Å². The van der Waals surface area contributed by atoms with Gasteiger partial charge >= 0.3 is 0 Å². The third-order valence-electron chi connectivity index (χ3n) is 3.21. The van der Waals surface area contributed by atoms with E-state index in [2.05, 4.69) is 44.8 Å². The van der Waals surface area contributed by atoms with Gasteiger partial charge in [0.25, 0.3) is 0 Å². The first-order chi connectivity index (χ1) is 8.49. The van der Waals surface area contributed by atoms with Gasteiger partial charge in [-0.1, -0.05) is 6.92 Å². The highest BCUT2D eigenvalue weighted by Crippen LogP contribution is 2.03. The number of ketones is 1. The van der Waals surface area contributed by atoms with Crippen LogP contribution in [0, 0.1) is 0 Å². The molecule has 0 atom stereocenters. The third-order valence-corrected chi connectivity index (χ3v) is 3.21. The van der Waals surface area contributed by atoms with Crippen molar-refractivity contribution in [2.45, 2.75) is 72.4 Å². The summed E-state index contributed by atoms with van der Waals surface area (Å²) < 4.78 is 0. The highest BCUT2D eigenvalue weighted by molar-refractivity contribution is 5.78. The van der Waals surface area contributed by atoms with Crippen molar-refractivity contribution in [2.75, 3.05) is 19.6 Å². The van der Waals surface area contributed by atoms with Crippen LogP contribution >= 0.6 is 0 Å². The highest BCUT2D eigenvalue weighted by atomic mass is 16.1. The molecule has 0 aliphatic carbocycles. The second-order valence-corrected chi connectivity index (χ2v) is 5.57.